The van der Waals surface area contributed by atoms with Crippen LogP contribution in [0.1, 0.15) is 54.6 Å². The molecule has 6 heteroatoms. The molecule has 2 aliphatic rings. The zero-order chi connectivity index (χ0) is 20.1. The Kier molecular flexibility index (Phi) is 6.21. The minimum Gasteiger partial charge on any atom is -0.391 e. The van der Waals surface area contributed by atoms with Crippen LogP contribution >= 0.6 is 0 Å². The fourth-order valence-corrected chi connectivity index (χ4v) is 4.98. The van der Waals surface area contributed by atoms with Crippen LogP contribution in [0.25, 0.3) is 0 Å². The molecule has 0 radical (unpaired) electrons. The van der Waals surface area contributed by atoms with E-state index in [1.54, 1.807) is 12.3 Å². The maximum Gasteiger partial charge on any atom is 0.270 e. The summed E-state index contributed by atoms with van der Waals surface area (Å²) in [6, 6.07) is 12.3. The van der Waals surface area contributed by atoms with E-state index in [1.165, 1.54) is 24.7 Å². The number of nitrogens with zero attached hydrogens (tertiary/aromatic N) is 3. The number of carbonyl (C=O) groups excluding carboxylic acids is 1. The molecular formula is C23H30N4O2. The first-order chi connectivity index (χ1) is 14.2. The van der Waals surface area contributed by atoms with Gasteiger partial charge >= 0.3 is 0 Å². The maximum absolute atomic E-state index is 12.6. The number of benzene rings is 1. The molecular weight excluding hydrogens is 364 g/mol. The standard InChI is InChI=1S/C23H30N4O2/c28-21-9-12-23(18-6-2-1-3-7-18,11-8-20(21)27-14-4-5-15-27)16-25-22(29)19-10-13-24-17-26-19/h1-3,6-7,10,13,17,20-21,28H,4-5,8-9,11-12,14-16H2,(H,25,29)/t20-,21-,23-/m0/s1. The van der Waals surface area contributed by atoms with E-state index in [4.69, 9.17) is 0 Å². The van der Waals surface area contributed by atoms with E-state index in [1.807, 2.05) is 6.07 Å². The summed E-state index contributed by atoms with van der Waals surface area (Å²) in [5.41, 5.74) is 1.43. The van der Waals surface area contributed by atoms with Crippen molar-refractivity contribution in [2.24, 2.45) is 0 Å². The average molecular weight is 395 g/mol. The summed E-state index contributed by atoms with van der Waals surface area (Å²) in [5.74, 6) is -0.177. The SMILES string of the molecule is O=C(NC[C@@]1(c2ccccc2)CC[C@H](O)[C@@H](N2CCCC2)CC1)c1ccncn1. The summed E-state index contributed by atoms with van der Waals surface area (Å²) in [5, 5.41) is 14.0. The molecule has 1 aliphatic carbocycles. The molecule has 1 aliphatic heterocycles. The van der Waals surface area contributed by atoms with Gasteiger partial charge in [-0.2, -0.15) is 0 Å². The molecule has 4 rings (SSSR count). The first-order valence-electron chi connectivity index (χ1n) is 10.7. The Bertz CT molecular complexity index is 795. The number of rotatable bonds is 5. The molecule has 1 aromatic heterocycles. The van der Waals surface area contributed by atoms with E-state index in [2.05, 4.69) is 44.5 Å². The van der Waals surface area contributed by atoms with Crippen LogP contribution in [0.15, 0.2) is 48.9 Å². The molecule has 0 unspecified atom stereocenters. The third-order valence-corrected chi connectivity index (χ3v) is 6.68. The van der Waals surface area contributed by atoms with Gasteiger partial charge in [0.05, 0.1) is 6.10 Å². The molecule has 3 atom stereocenters. The van der Waals surface area contributed by atoms with Gasteiger partial charge in [-0.15, -0.1) is 0 Å². The molecule has 0 bridgehead atoms. The third kappa shape index (κ3) is 4.49. The van der Waals surface area contributed by atoms with Crippen LogP contribution in [-0.2, 0) is 5.41 Å². The summed E-state index contributed by atoms with van der Waals surface area (Å²) >= 11 is 0. The Labute approximate surface area is 172 Å². The summed E-state index contributed by atoms with van der Waals surface area (Å²) in [6.45, 7) is 2.72. The smallest absolute Gasteiger partial charge is 0.270 e. The largest absolute Gasteiger partial charge is 0.391 e. The number of carbonyl (C=O) groups is 1. The van der Waals surface area contributed by atoms with Crippen molar-refractivity contribution < 1.29 is 9.90 Å². The van der Waals surface area contributed by atoms with Crippen LogP contribution in [0.4, 0.5) is 0 Å². The molecule has 2 fully saturated rings. The highest BCUT2D eigenvalue weighted by Gasteiger charge is 2.40. The van der Waals surface area contributed by atoms with Crippen LogP contribution in [-0.4, -0.2) is 57.7 Å². The van der Waals surface area contributed by atoms with Gasteiger partial charge in [-0.3, -0.25) is 9.69 Å². The second kappa shape index (κ2) is 9.01. The summed E-state index contributed by atoms with van der Waals surface area (Å²) in [4.78, 5) is 23.0. The molecule has 2 aromatic rings. The van der Waals surface area contributed by atoms with Gasteiger partial charge in [-0.05, 0) is 63.2 Å². The summed E-state index contributed by atoms with van der Waals surface area (Å²) < 4.78 is 0. The van der Waals surface area contributed by atoms with Gasteiger partial charge < -0.3 is 10.4 Å². The van der Waals surface area contributed by atoms with Crippen LogP contribution < -0.4 is 5.32 Å². The van der Waals surface area contributed by atoms with Gasteiger partial charge in [-0.25, -0.2) is 9.97 Å². The first kappa shape index (κ1) is 20.0. The lowest BCUT2D eigenvalue weighted by molar-refractivity contribution is 0.0569. The molecule has 2 N–H and O–H groups in total. The van der Waals surface area contributed by atoms with Gasteiger partial charge in [0.15, 0.2) is 0 Å². The van der Waals surface area contributed by atoms with Crippen LogP contribution in [0.2, 0.25) is 0 Å². The van der Waals surface area contributed by atoms with Gasteiger partial charge in [0.1, 0.15) is 12.0 Å². The van der Waals surface area contributed by atoms with Crippen molar-refractivity contribution in [3.63, 3.8) is 0 Å². The maximum atomic E-state index is 12.6. The van der Waals surface area contributed by atoms with Crippen LogP contribution in [0.3, 0.4) is 0 Å². The monoisotopic (exact) mass is 394 g/mol. The average Bonchev–Trinajstić information content (AvgIpc) is 3.25. The summed E-state index contributed by atoms with van der Waals surface area (Å²) in [7, 11) is 0. The predicted molar refractivity (Wildman–Crippen MR) is 112 cm³/mol. The Morgan fingerprint density at radius 2 is 1.90 bits per heavy atom. The molecule has 2 heterocycles. The van der Waals surface area contributed by atoms with Gasteiger partial charge in [-0.1, -0.05) is 30.3 Å². The van der Waals surface area contributed by atoms with E-state index in [9.17, 15) is 9.90 Å². The first-order valence-corrected chi connectivity index (χ1v) is 10.7. The minimum absolute atomic E-state index is 0.177. The fourth-order valence-electron chi connectivity index (χ4n) is 4.98. The lowest BCUT2D eigenvalue weighted by atomic mass is 9.74. The Balaban J connectivity index is 1.54. The molecule has 154 valence electrons. The number of hydrogen-bond acceptors (Lipinski definition) is 5. The highest BCUT2D eigenvalue weighted by atomic mass is 16.3. The fraction of sp³-hybridized carbons (Fsp3) is 0.522. The van der Waals surface area contributed by atoms with E-state index >= 15 is 0 Å². The number of nitrogens with one attached hydrogen (secondary N) is 1. The Morgan fingerprint density at radius 3 is 2.62 bits per heavy atom. The predicted octanol–water partition coefficient (Wildman–Crippen LogP) is 2.54. The molecule has 0 spiro atoms. The van der Waals surface area contributed by atoms with Crippen molar-refractivity contribution in [1.82, 2.24) is 20.2 Å². The second-order valence-corrected chi connectivity index (χ2v) is 8.38. The number of aliphatic hydroxyl groups excluding tert-OH is 1. The van der Waals surface area contributed by atoms with Gasteiger partial charge in [0.25, 0.3) is 5.91 Å². The molecule has 29 heavy (non-hydrogen) atoms. The summed E-state index contributed by atoms with van der Waals surface area (Å²) in [6.07, 6.45) is 8.60. The van der Waals surface area contributed by atoms with Crippen molar-refractivity contribution in [1.29, 1.82) is 0 Å². The third-order valence-electron chi connectivity index (χ3n) is 6.68. The topological polar surface area (TPSA) is 78.4 Å². The molecule has 1 amide bonds. The van der Waals surface area contributed by atoms with Gasteiger partial charge in [0.2, 0.25) is 0 Å². The van der Waals surface area contributed by atoms with Crippen molar-refractivity contribution in [2.75, 3.05) is 19.6 Å². The number of aromatic nitrogens is 2. The quantitative estimate of drug-likeness (QED) is 0.762. The lowest BCUT2D eigenvalue weighted by Gasteiger charge is -2.34. The van der Waals surface area contributed by atoms with Gasteiger partial charge in [0, 0.05) is 24.2 Å². The van der Waals surface area contributed by atoms with Crippen molar-refractivity contribution in [3.05, 3.63) is 60.2 Å². The van der Waals surface area contributed by atoms with E-state index in [0.717, 1.165) is 38.8 Å². The van der Waals surface area contributed by atoms with E-state index < -0.39 is 0 Å². The Hall–Kier alpha value is -2.31. The number of likely N-dealkylation sites (tertiary alicyclic amines) is 1. The highest BCUT2D eigenvalue weighted by Crippen LogP contribution is 2.39. The van der Waals surface area contributed by atoms with Crippen LogP contribution in [0, 0.1) is 0 Å². The molecule has 1 aromatic carbocycles. The highest BCUT2D eigenvalue weighted by molar-refractivity contribution is 5.92. The van der Waals surface area contributed by atoms with Crippen molar-refractivity contribution in [2.45, 2.75) is 56.1 Å². The lowest BCUT2D eigenvalue weighted by Crippen LogP contribution is -2.42. The van der Waals surface area contributed by atoms with E-state index in [-0.39, 0.29) is 23.5 Å². The zero-order valence-electron chi connectivity index (χ0n) is 16.8. The number of aliphatic hydroxyl groups is 1. The molecule has 1 saturated carbocycles. The van der Waals surface area contributed by atoms with E-state index in [0.29, 0.717) is 12.2 Å². The molecule has 6 nitrogen and oxygen atoms in total. The number of amides is 1. The van der Waals surface area contributed by atoms with Crippen molar-refractivity contribution in [3.8, 4) is 0 Å². The zero-order valence-corrected chi connectivity index (χ0v) is 16.8. The van der Waals surface area contributed by atoms with Crippen molar-refractivity contribution >= 4 is 5.91 Å². The second-order valence-electron chi connectivity index (χ2n) is 8.38. The van der Waals surface area contributed by atoms with Crippen LogP contribution in [0.5, 0.6) is 0 Å². The molecule has 1 saturated heterocycles. The Morgan fingerprint density at radius 1 is 1.14 bits per heavy atom. The number of hydrogen-bond donors (Lipinski definition) is 2. The minimum atomic E-state index is -0.309. The normalized spacial score (nSPS) is 28.0.